The second-order valence-corrected chi connectivity index (χ2v) is 7.08. The van der Waals surface area contributed by atoms with Crippen LogP contribution in [-0.4, -0.2) is 31.6 Å². The molecular weight excluding hydrogens is 410 g/mol. The summed E-state index contributed by atoms with van der Waals surface area (Å²) < 4.78 is 11.4. The van der Waals surface area contributed by atoms with E-state index in [0.29, 0.717) is 12.3 Å². The Bertz CT molecular complexity index is 894. The molecule has 1 unspecified atom stereocenters. The summed E-state index contributed by atoms with van der Waals surface area (Å²) in [6, 6.07) is 13.3. The number of benzene rings is 2. The number of nitrogens with zero attached hydrogens (tertiary/aromatic N) is 1. The first-order valence-electron chi connectivity index (χ1n) is 8.61. The van der Waals surface area contributed by atoms with E-state index in [2.05, 4.69) is 15.9 Å². The van der Waals surface area contributed by atoms with Crippen LogP contribution in [0.3, 0.4) is 0 Å². The van der Waals surface area contributed by atoms with Crippen molar-refractivity contribution in [1.29, 1.82) is 0 Å². The minimum absolute atomic E-state index is 0.221. The first-order chi connectivity index (χ1) is 13.0. The van der Waals surface area contributed by atoms with E-state index in [0.717, 1.165) is 27.7 Å². The maximum atomic E-state index is 12.7. The molecule has 0 radical (unpaired) electrons. The minimum atomic E-state index is -0.863. The van der Waals surface area contributed by atoms with Crippen LogP contribution in [0.25, 0.3) is 6.08 Å². The molecule has 1 aliphatic rings. The van der Waals surface area contributed by atoms with Crippen molar-refractivity contribution in [3.05, 3.63) is 64.1 Å². The molecule has 2 aromatic rings. The van der Waals surface area contributed by atoms with Gasteiger partial charge in [0.15, 0.2) is 6.10 Å². The van der Waals surface area contributed by atoms with Gasteiger partial charge in [-0.15, -0.1) is 0 Å². The first kappa shape index (κ1) is 19.2. The first-order valence-corrected chi connectivity index (χ1v) is 9.40. The highest BCUT2D eigenvalue weighted by molar-refractivity contribution is 9.10. The van der Waals surface area contributed by atoms with E-state index in [9.17, 15) is 9.59 Å². The van der Waals surface area contributed by atoms with E-state index in [-0.39, 0.29) is 5.91 Å². The Morgan fingerprint density at radius 2 is 2.00 bits per heavy atom. The number of halogens is 1. The van der Waals surface area contributed by atoms with Crippen molar-refractivity contribution in [3.8, 4) is 5.75 Å². The highest BCUT2D eigenvalue weighted by Gasteiger charge is 2.29. The Morgan fingerprint density at radius 3 is 2.78 bits per heavy atom. The van der Waals surface area contributed by atoms with E-state index in [1.807, 2.05) is 36.4 Å². The molecule has 3 rings (SSSR count). The smallest absolute Gasteiger partial charge is 0.331 e. The van der Waals surface area contributed by atoms with Crippen molar-refractivity contribution in [2.24, 2.45) is 0 Å². The lowest BCUT2D eigenvalue weighted by Crippen LogP contribution is -2.38. The van der Waals surface area contributed by atoms with E-state index in [4.69, 9.17) is 9.47 Å². The largest absolute Gasteiger partial charge is 0.496 e. The molecular formula is C21H20BrNO4. The van der Waals surface area contributed by atoms with Gasteiger partial charge in [0.2, 0.25) is 0 Å². The van der Waals surface area contributed by atoms with Crippen molar-refractivity contribution in [1.82, 2.24) is 0 Å². The maximum absolute atomic E-state index is 12.7. The van der Waals surface area contributed by atoms with Gasteiger partial charge in [0, 0.05) is 28.3 Å². The molecule has 1 heterocycles. The molecule has 0 fully saturated rings. The Kier molecular flexibility index (Phi) is 5.96. The highest BCUT2D eigenvalue weighted by Crippen LogP contribution is 2.28. The fourth-order valence-corrected chi connectivity index (χ4v) is 3.42. The third-order valence-corrected chi connectivity index (χ3v) is 4.88. The molecule has 1 amide bonds. The molecule has 0 N–H and O–H groups in total. The van der Waals surface area contributed by atoms with Gasteiger partial charge in [-0.25, -0.2) is 4.79 Å². The number of methoxy groups -OCH3 is 1. The molecule has 0 aliphatic carbocycles. The van der Waals surface area contributed by atoms with Crippen molar-refractivity contribution in [2.45, 2.75) is 19.4 Å². The van der Waals surface area contributed by atoms with Gasteiger partial charge in [0.05, 0.1) is 7.11 Å². The number of hydrogen-bond acceptors (Lipinski definition) is 4. The average molecular weight is 430 g/mol. The lowest BCUT2D eigenvalue weighted by molar-refractivity contribution is -0.149. The van der Waals surface area contributed by atoms with E-state index >= 15 is 0 Å². The summed E-state index contributed by atoms with van der Waals surface area (Å²) in [7, 11) is 1.56. The average Bonchev–Trinajstić information content (AvgIpc) is 3.10. The summed E-state index contributed by atoms with van der Waals surface area (Å²) in [5.74, 6) is -0.160. The Balaban J connectivity index is 1.64. The van der Waals surface area contributed by atoms with Gasteiger partial charge in [-0.3, -0.25) is 4.79 Å². The van der Waals surface area contributed by atoms with Crippen LogP contribution in [0.15, 0.2) is 53.0 Å². The quantitative estimate of drug-likeness (QED) is 0.532. The number of rotatable bonds is 5. The van der Waals surface area contributed by atoms with Gasteiger partial charge in [-0.05, 0) is 49.2 Å². The Hall–Kier alpha value is -2.60. The third-order valence-electron chi connectivity index (χ3n) is 4.38. The summed E-state index contributed by atoms with van der Waals surface area (Å²) in [5, 5.41) is 0. The number of carbonyl (C=O) groups is 2. The van der Waals surface area contributed by atoms with Crippen LogP contribution in [0.5, 0.6) is 5.75 Å². The number of carbonyl (C=O) groups excluding carboxylic acids is 2. The second kappa shape index (κ2) is 8.39. The van der Waals surface area contributed by atoms with Crippen molar-refractivity contribution in [2.75, 3.05) is 18.6 Å². The molecule has 5 nitrogen and oxygen atoms in total. The fourth-order valence-electron chi connectivity index (χ4n) is 3.04. The van der Waals surface area contributed by atoms with Gasteiger partial charge in [-0.1, -0.05) is 34.1 Å². The molecule has 1 atom stereocenters. The molecule has 0 bridgehead atoms. The molecule has 0 spiro atoms. The molecule has 2 aromatic carbocycles. The maximum Gasteiger partial charge on any atom is 0.331 e. The normalized spacial score (nSPS) is 14.1. The Morgan fingerprint density at radius 1 is 1.22 bits per heavy atom. The highest BCUT2D eigenvalue weighted by atomic mass is 79.9. The van der Waals surface area contributed by atoms with Gasteiger partial charge >= 0.3 is 5.97 Å². The molecule has 0 saturated heterocycles. The van der Waals surface area contributed by atoms with Crippen LogP contribution in [-0.2, 0) is 20.7 Å². The molecule has 27 heavy (non-hydrogen) atoms. The predicted molar refractivity (Wildman–Crippen MR) is 108 cm³/mol. The van der Waals surface area contributed by atoms with Crippen LogP contribution < -0.4 is 9.64 Å². The zero-order chi connectivity index (χ0) is 19.4. The summed E-state index contributed by atoms with van der Waals surface area (Å²) in [6.45, 7) is 2.19. The van der Waals surface area contributed by atoms with Gasteiger partial charge in [0.25, 0.3) is 5.91 Å². The fraction of sp³-hybridized carbons (Fsp3) is 0.238. The Labute approximate surface area is 166 Å². The summed E-state index contributed by atoms with van der Waals surface area (Å²) in [4.78, 5) is 26.5. The van der Waals surface area contributed by atoms with Crippen LogP contribution in [0, 0.1) is 0 Å². The van der Waals surface area contributed by atoms with E-state index in [1.165, 1.54) is 6.08 Å². The predicted octanol–water partition coefficient (Wildman–Crippen LogP) is 3.99. The van der Waals surface area contributed by atoms with Crippen molar-refractivity contribution in [3.63, 3.8) is 0 Å². The van der Waals surface area contributed by atoms with E-state index in [1.54, 1.807) is 31.1 Å². The zero-order valence-electron chi connectivity index (χ0n) is 15.1. The SMILES string of the molecule is COc1ccc(Br)cc1/C=C/C(=O)OC(C)C(=O)N1CCc2ccccc21. The number of esters is 1. The molecule has 0 saturated carbocycles. The van der Waals surface area contributed by atoms with Crippen molar-refractivity contribution >= 4 is 39.6 Å². The minimum Gasteiger partial charge on any atom is -0.496 e. The number of ether oxygens (including phenoxy) is 2. The number of hydrogen-bond donors (Lipinski definition) is 0. The summed E-state index contributed by atoms with van der Waals surface area (Å²) >= 11 is 3.39. The van der Waals surface area contributed by atoms with Crippen LogP contribution in [0.4, 0.5) is 5.69 Å². The number of fused-ring (bicyclic) bond motifs is 1. The standard InChI is InChI=1S/C21H20BrNO4/c1-14(21(25)23-12-11-15-5-3-4-6-18(15)23)27-20(24)10-7-16-13-17(22)8-9-19(16)26-2/h3-10,13-14H,11-12H2,1-2H3/b10-7+. The zero-order valence-corrected chi connectivity index (χ0v) is 16.7. The molecule has 140 valence electrons. The second-order valence-electron chi connectivity index (χ2n) is 6.17. The molecule has 6 heteroatoms. The third kappa shape index (κ3) is 4.39. The topological polar surface area (TPSA) is 55.8 Å². The van der Waals surface area contributed by atoms with Gasteiger partial charge in [-0.2, -0.15) is 0 Å². The van der Waals surface area contributed by atoms with Crippen LogP contribution in [0.2, 0.25) is 0 Å². The number of amides is 1. The summed E-state index contributed by atoms with van der Waals surface area (Å²) in [6.07, 6.45) is 2.85. The lowest BCUT2D eigenvalue weighted by atomic mass is 10.2. The van der Waals surface area contributed by atoms with Gasteiger partial charge in [0.1, 0.15) is 5.75 Å². The van der Waals surface area contributed by atoms with Crippen LogP contribution >= 0.6 is 15.9 Å². The number of anilines is 1. The van der Waals surface area contributed by atoms with Crippen molar-refractivity contribution < 1.29 is 19.1 Å². The lowest BCUT2D eigenvalue weighted by Gasteiger charge is -2.21. The summed E-state index contributed by atoms with van der Waals surface area (Å²) in [5.41, 5.74) is 2.75. The monoisotopic (exact) mass is 429 g/mol. The molecule has 0 aromatic heterocycles. The van der Waals surface area contributed by atoms with Gasteiger partial charge < -0.3 is 14.4 Å². The van der Waals surface area contributed by atoms with Crippen LogP contribution in [0.1, 0.15) is 18.1 Å². The molecule has 1 aliphatic heterocycles. The number of para-hydroxylation sites is 1. The van der Waals surface area contributed by atoms with E-state index < -0.39 is 12.1 Å².